The van der Waals surface area contributed by atoms with Crippen LogP contribution in [0.1, 0.15) is 61.4 Å². The minimum atomic E-state index is -0.307. The molecule has 19 heavy (non-hydrogen) atoms. The monoisotopic (exact) mass is 263 g/mol. The van der Waals surface area contributed by atoms with Crippen molar-refractivity contribution in [2.75, 3.05) is 25.1 Å². The lowest BCUT2D eigenvalue weighted by Gasteiger charge is -2.20. The smallest absolute Gasteiger partial charge is 0.343 e. The molecule has 0 amide bonds. The van der Waals surface area contributed by atoms with Gasteiger partial charge < -0.3 is 9.64 Å². The maximum absolute atomic E-state index is 12.1. The lowest BCUT2D eigenvalue weighted by molar-refractivity contribution is 0.0524. The van der Waals surface area contributed by atoms with Crippen LogP contribution in [0.5, 0.6) is 0 Å². The Morgan fingerprint density at radius 3 is 2.42 bits per heavy atom. The van der Waals surface area contributed by atoms with Crippen LogP contribution in [-0.2, 0) is 4.74 Å². The average Bonchev–Trinajstić information content (AvgIpc) is 2.49. The molecule has 0 spiro atoms. The summed E-state index contributed by atoms with van der Waals surface area (Å²) < 4.78 is 5.23. The van der Waals surface area contributed by atoms with Crippen LogP contribution < -0.4 is 4.90 Å². The molecule has 0 saturated heterocycles. The number of hydrogen-bond acceptors (Lipinski definition) is 5. The zero-order valence-corrected chi connectivity index (χ0v) is 12.2. The number of fused-ring (bicyclic) bond motifs is 1. The Labute approximate surface area is 114 Å². The van der Waals surface area contributed by atoms with E-state index in [-0.39, 0.29) is 17.8 Å². The lowest BCUT2D eigenvalue weighted by Crippen LogP contribution is -2.23. The van der Waals surface area contributed by atoms with Crippen molar-refractivity contribution < 1.29 is 9.53 Å². The molecular weight excluding hydrogens is 242 g/mol. The Morgan fingerprint density at radius 2 is 1.84 bits per heavy atom. The quantitative estimate of drug-likeness (QED) is 0.766. The lowest BCUT2D eigenvalue weighted by atomic mass is 10.0. The van der Waals surface area contributed by atoms with E-state index in [9.17, 15) is 4.79 Å². The van der Waals surface area contributed by atoms with Crippen LogP contribution in [0.3, 0.4) is 0 Å². The van der Waals surface area contributed by atoms with Crippen molar-refractivity contribution in [3.8, 4) is 0 Å². The summed E-state index contributed by atoms with van der Waals surface area (Å²) >= 11 is 0. The minimum Gasteiger partial charge on any atom is -0.460 e. The van der Waals surface area contributed by atoms with Crippen LogP contribution in [-0.4, -0.2) is 36.1 Å². The van der Waals surface area contributed by atoms with Crippen LogP contribution in [0.4, 0.5) is 5.82 Å². The van der Waals surface area contributed by atoms with Gasteiger partial charge in [-0.2, -0.15) is 0 Å². The summed E-state index contributed by atoms with van der Waals surface area (Å²) in [5, 5.41) is 0. The maximum Gasteiger partial charge on any atom is 0.343 e. The molecule has 1 aromatic rings. The third-order valence-corrected chi connectivity index (χ3v) is 3.22. The van der Waals surface area contributed by atoms with Gasteiger partial charge in [0, 0.05) is 13.0 Å². The van der Waals surface area contributed by atoms with Crippen LogP contribution in [0.2, 0.25) is 0 Å². The maximum atomic E-state index is 12.1. The number of ether oxygens (including phenoxy) is 1. The molecule has 0 bridgehead atoms. The van der Waals surface area contributed by atoms with Crippen molar-refractivity contribution in [1.82, 2.24) is 9.97 Å². The Kier molecular flexibility index (Phi) is 3.73. The summed E-state index contributed by atoms with van der Waals surface area (Å²) in [5.41, 5.74) is 1.31. The molecule has 0 atom stereocenters. The third kappa shape index (κ3) is 2.55. The number of rotatable bonds is 2. The van der Waals surface area contributed by atoms with E-state index in [1.54, 1.807) is 0 Å². The van der Waals surface area contributed by atoms with Crippen molar-refractivity contribution in [2.45, 2.75) is 39.5 Å². The van der Waals surface area contributed by atoms with Crippen molar-refractivity contribution in [1.29, 1.82) is 0 Å². The van der Waals surface area contributed by atoms with Gasteiger partial charge in [-0.25, -0.2) is 14.8 Å². The second kappa shape index (κ2) is 5.15. The summed E-state index contributed by atoms with van der Waals surface area (Å²) in [6.45, 7) is 9.22. The van der Waals surface area contributed by atoms with E-state index < -0.39 is 0 Å². The Balaban J connectivity index is 2.69. The Bertz CT molecular complexity index is 498. The SMILES string of the molecule is CC(C)c1nc(C(C)C)c2c(n1)N(C)CCOC2=O. The molecule has 2 heterocycles. The molecule has 0 saturated carbocycles. The van der Waals surface area contributed by atoms with Gasteiger partial charge in [0.25, 0.3) is 0 Å². The second-order valence-corrected chi connectivity index (χ2v) is 5.53. The number of carbonyl (C=O) groups excluding carboxylic acids is 1. The summed E-state index contributed by atoms with van der Waals surface area (Å²) in [6, 6.07) is 0. The third-order valence-electron chi connectivity index (χ3n) is 3.22. The van der Waals surface area contributed by atoms with E-state index in [0.717, 1.165) is 11.5 Å². The molecule has 0 fully saturated rings. The molecular formula is C14H21N3O2. The standard InChI is InChI=1S/C14H21N3O2/c1-8(2)11-10-13(16-12(15-11)9(3)4)17(5)6-7-19-14(10)18/h8-9H,6-7H2,1-5H3. The van der Waals surface area contributed by atoms with Crippen LogP contribution >= 0.6 is 0 Å². The Morgan fingerprint density at radius 1 is 1.16 bits per heavy atom. The molecule has 5 heteroatoms. The first-order valence-electron chi connectivity index (χ1n) is 6.72. The molecule has 2 rings (SSSR count). The van der Waals surface area contributed by atoms with E-state index in [4.69, 9.17) is 4.74 Å². The first-order chi connectivity index (χ1) is 8.91. The van der Waals surface area contributed by atoms with Crippen molar-refractivity contribution in [3.63, 3.8) is 0 Å². The zero-order chi connectivity index (χ0) is 14.2. The molecule has 104 valence electrons. The van der Waals surface area contributed by atoms with Crippen LogP contribution in [0.15, 0.2) is 0 Å². The molecule has 0 N–H and O–H groups in total. The molecule has 5 nitrogen and oxygen atoms in total. The van der Waals surface area contributed by atoms with E-state index in [0.29, 0.717) is 24.5 Å². The molecule has 0 radical (unpaired) electrons. The molecule has 1 aliphatic heterocycles. The topological polar surface area (TPSA) is 55.3 Å². The zero-order valence-electron chi connectivity index (χ0n) is 12.2. The van der Waals surface area contributed by atoms with Crippen molar-refractivity contribution in [3.05, 3.63) is 17.1 Å². The molecule has 0 aromatic carbocycles. The van der Waals surface area contributed by atoms with Gasteiger partial charge in [-0.05, 0) is 5.92 Å². The molecule has 0 unspecified atom stereocenters. The van der Waals surface area contributed by atoms with Crippen molar-refractivity contribution in [2.24, 2.45) is 0 Å². The highest BCUT2D eigenvalue weighted by molar-refractivity contribution is 5.96. The van der Waals surface area contributed by atoms with E-state index in [1.807, 2.05) is 25.8 Å². The predicted octanol–water partition coefficient (Wildman–Crippen LogP) is 2.33. The number of carbonyl (C=O) groups is 1. The summed E-state index contributed by atoms with van der Waals surface area (Å²) in [6.07, 6.45) is 0. The van der Waals surface area contributed by atoms with Crippen molar-refractivity contribution >= 4 is 11.8 Å². The number of cyclic esters (lactones) is 1. The fourth-order valence-electron chi connectivity index (χ4n) is 2.08. The number of hydrogen-bond donors (Lipinski definition) is 0. The number of esters is 1. The van der Waals surface area contributed by atoms with Crippen LogP contribution in [0.25, 0.3) is 0 Å². The van der Waals surface area contributed by atoms with E-state index in [1.165, 1.54) is 0 Å². The fourth-order valence-corrected chi connectivity index (χ4v) is 2.08. The van der Waals surface area contributed by atoms with E-state index in [2.05, 4.69) is 23.8 Å². The largest absolute Gasteiger partial charge is 0.460 e. The average molecular weight is 263 g/mol. The first kappa shape index (κ1) is 13.8. The summed E-state index contributed by atoms with van der Waals surface area (Å²) in [7, 11) is 1.93. The van der Waals surface area contributed by atoms with Gasteiger partial charge in [0.1, 0.15) is 23.8 Å². The fraction of sp³-hybridized carbons (Fsp3) is 0.643. The first-order valence-corrected chi connectivity index (χ1v) is 6.72. The van der Waals surface area contributed by atoms with Gasteiger partial charge in [-0.1, -0.05) is 27.7 Å². The highest BCUT2D eigenvalue weighted by Crippen LogP contribution is 2.29. The highest BCUT2D eigenvalue weighted by Gasteiger charge is 2.28. The second-order valence-electron chi connectivity index (χ2n) is 5.53. The number of aromatic nitrogens is 2. The minimum absolute atomic E-state index is 0.160. The Hall–Kier alpha value is -1.65. The molecule has 1 aromatic heterocycles. The highest BCUT2D eigenvalue weighted by atomic mass is 16.5. The number of likely N-dealkylation sites (N-methyl/N-ethyl adjacent to an activating group) is 1. The van der Waals surface area contributed by atoms with Gasteiger partial charge >= 0.3 is 5.97 Å². The van der Waals surface area contributed by atoms with Gasteiger partial charge in [-0.15, -0.1) is 0 Å². The normalized spacial score (nSPS) is 15.5. The van der Waals surface area contributed by atoms with Gasteiger partial charge in [0.2, 0.25) is 0 Å². The van der Waals surface area contributed by atoms with Crippen LogP contribution in [0, 0.1) is 0 Å². The summed E-state index contributed by atoms with van der Waals surface area (Å²) in [5.74, 6) is 1.57. The predicted molar refractivity (Wildman–Crippen MR) is 73.8 cm³/mol. The van der Waals surface area contributed by atoms with Gasteiger partial charge in [0.05, 0.1) is 12.2 Å². The van der Waals surface area contributed by atoms with E-state index >= 15 is 0 Å². The van der Waals surface area contributed by atoms with Gasteiger partial charge in [-0.3, -0.25) is 0 Å². The summed E-state index contributed by atoms with van der Waals surface area (Å²) in [4.78, 5) is 23.2. The molecule has 0 aliphatic carbocycles. The van der Waals surface area contributed by atoms with Gasteiger partial charge in [0.15, 0.2) is 0 Å². The molecule has 1 aliphatic rings. The number of anilines is 1. The number of nitrogens with zero attached hydrogens (tertiary/aromatic N) is 3.